The van der Waals surface area contributed by atoms with Crippen LogP contribution in [0.4, 0.5) is 4.39 Å². The number of halogens is 1. The van der Waals surface area contributed by atoms with Gasteiger partial charge in [-0.1, -0.05) is 11.8 Å². The highest BCUT2D eigenvalue weighted by atomic mass is 19.1. The molecule has 1 aromatic rings. The smallest absolute Gasteiger partial charge is 0.254 e. The second kappa shape index (κ2) is 8.72. The summed E-state index contributed by atoms with van der Waals surface area (Å²) >= 11 is 0. The number of hydrogen-bond acceptors (Lipinski definition) is 3. The van der Waals surface area contributed by atoms with Gasteiger partial charge in [-0.3, -0.25) is 9.59 Å². The van der Waals surface area contributed by atoms with Gasteiger partial charge in [-0.15, -0.1) is 0 Å². The zero-order chi connectivity index (χ0) is 15.7. The minimum absolute atomic E-state index is 0.122. The average Bonchev–Trinajstić information content (AvgIpc) is 2.46. The van der Waals surface area contributed by atoms with E-state index in [-0.39, 0.29) is 31.0 Å². The minimum Gasteiger partial charge on any atom is -0.384 e. The van der Waals surface area contributed by atoms with Gasteiger partial charge in [0.25, 0.3) is 5.91 Å². The number of carbonyl (C=O) groups is 2. The summed E-state index contributed by atoms with van der Waals surface area (Å²) in [4.78, 5) is 23.1. The normalized spacial score (nSPS) is 9.48. The topological polar surface area (TPSA) is 78.4 Å². The molecule has 0 spiro atoms. The quantitative estimate of drug-likeness (QED) is 0.689. The Hall–Kier alpha value is -2.39. The van der Waals surface area contributed by atoms with E-state index in [1.165, 1.54) is 12.1 Å². The van der Waals surface area contributed by atoms with Crippen molar-refractivity contribution in [1.82, 2.24) is 10.6 Å². The molecule has 0 bridgehead atoms. The third-order valence-electron chi connectivity index (χ3n) is 2.53. The molecule has 0 radical (unpaired) electrons. The van der Waals surface area contributed by atoms with E-state index >= 15 is 0 Å². The Bertz CT molecular complexity index is 576. The number of rotatable bonds is 5. The van der Waals surface area contributed by atoms with Crippen molar-refractivity contribution in [1.29, 1.82) is 0 Å². The summed E-state index contributed by atoms with van der Waals surface area (Å²) in [5, 5.41) is 13.7. The SMILES string of the molecule is CCNC(=O)CCNC(=O)c1cc(C#CCO)ccc1F. The molecule has 2 amide bonds. The number of aliphatic hydroxyl groups excluding tert-OH is 1. The van der Waals surface area contributed by atoms with Crippen LogP contribution in [0.15, 0.2) is 18.2 Å². The summed E-state index contributed by atoms with van der Waals surface area (Å²) in [6, 6.07) is 3.86. The van der Waals surface area contributed by atoms with Crippen molar-refractivity contribution in [3.05, 3.63) is 35.1 Å². The maximum Gasteiger partial charge on any atom is 0.254 e. The van der Waals surface area contributed by atoms with Crippen LogP contribution in [0.3, 0.4) is 0 Å². The molecular formula is C15H17FN2O3. The zero-order valence-corrected chi connectivity index (χ0v) is 11.7. The molecule has 0 heterocycles. The highest BCUT2D eigenvalue weighted by Crippen LogP contribution is 2.10. The van der Waals surface area contributed by atoms with Gasteiger partial charge < -0.3 is 15.7 Å². The molecule has 0 aromatic heterocycles. The Morgan fingerprint density at radius 3 is 2.76 bits per heavy atom. The van der Waals surface area contributed by atoms with Crippen molar-refractivity contribution in [3.8, 4) is 11.8 Å². The second-order valence-corrected chi connectivity index (χ2v) is 4.11. The maximum atomic E-state index is 13.6. The lowest BCUT2D eigenvalue weighted by Crippen LogP contribution is -2.31. The van der Waals surface area contributed by atoms with E-state index in [1.807, 2.05) is 0 Å². The van der Waals surface area contributed by atoms with Crippen LogP contribution < -0.4 is 10.6 Å². The van der Waals surface area contributed by atoms with E-state index in [1.54, 1.807) is 6.92 Å². The summed E-state index contributed by atoms with van der Waals surface area (Å²) in [6.45, 7) is 2.12. The second-order valence-electron chi connectivity index (χ2n) is 4.11. The maximum absolute atomic E-state index is 13.6. The molecular weight excluding hydrogens is 275 g/mol. The summed E-state index contributed by atoms with van der Waals surface area (Å²) < 4.78 is 13.6. The van der Waals surface area contributed by atoms with Crippen molar-refractivity contribution in [2.45, 2.75) is 13.3 Å². The van der Waals surface area contributed by atoms with E-state index in [4.69, 9.17) is 5.11 Å². The van der Waals surface area contributed by atoms with Crippen LogP contribution in [0.25, 0.3) is 0 Å². The fraction of sp³-hybridized carbons (Fsp3) is 0.333. The summed E-state index contributed by atoms with van der Waals surface area (Å²) in [6.07, 6.45) is 0.130. The first-order chi connectivity index (χ1) is 10.1. The first-order valence-corrected chi connectivity index (χ1v) is 6.52. The van der Waals surface area contributed by atoms with E-state index in [2.05, 4.69) is 22.5 Å². The van der Waals surface area contributed by atoms with Crippen LogP contribution in [0.5, 0.6) is 0 Å². The lowest BCUT2D eigenvalue weighted by Gasteiger charge is -2.06. The fourth-order valence-electron chi connectivity index (χ4n) is 1.59. The van der Waals surface area contributed by atoms with Gasteiger partial charge in [0.15, 0.2) is 0 Å². The van der Waals surface area contributed by atoms with Gasteiger partial charge in [-0.05, 0) is 25.1 Å². The highest BCUT2D eigenvalue weighted by molar-refractivity contribution is 5.95. The van der Waals surface area contributed by atoms with Crippen molar-refractivity contribution in [2.24, 2.45) is 0 Å². The fourth-order valence-corrected chi connectivity index (χ4v) is 1.59. The molecule has 5 nitrogen and oxygen atoms in total. The number of hydrogen-bond donors (Lipinski definition) is 3. The van der Waals surface area contributed by atoms with Gasteiger partial charge in [-0.2, -0.15) is 0 Å². The van der Waals surface area contributed by atoms with Crippen LogP contribution in [0, 0.1) is 17.7 Å². The molecule has 6 heteroatoms. The Morgan fingerprint density at radius 2 is 2.10 bits per heavy atom. The Labute approximate surface area is 122 Å². The number of amides is 2. The van der Waals surface area contributed by atoms with Gasteiger partial charge in [-0.25, -0.2) is 4.39 Å². The lowest BCUT2D eigenvalue weighted by atomic mass is 10.1. The molecule has 0 aliphatic heterocycles. The van der Waals surface area contributed by atoms with Gasteiger partial charge in [0.05, 0.1) is 5.56 Å². The van der Waals surface area contributed by atoms with E-state index < -0.39 is 11.7 Å². The van der Waals surface area contributed by atoms with Gasteiger partial charge in [0, 0.05) is 25.1 Å². The predicted molar refractivity (Wildman–Crippen MR) is 76.0 cm³/mol. The molecule has 0 aliphatic carbocycles. The molecule has 0 aliphatic rings. The molecule has 1 rings (SSSR count). The van der Waals surface area contributed by atoms with E-state index in [0.717, 1.165) is 6.07 Å². The van der Waals surface area contributed by atoms with Gasteiger partial charge in [0.2, 0.25) is 5.91 Å². The molecule has 112 valence electrons. The van der Waals surface area contributed by atoms with Crippen molar-refractivity contribution < 1.29 is 19.1 Å². The first-order valence-electron chi connectivity index (χ1n) is 6.52. The predicted octanol–water partition coefficient (Wildman–Crippen LogP) is 0.425. The molecule has 1 aromatic carbocycles. The minimum atomic E-state index is -0.667. The van der Waals surface area contributed by atoms with Crippen molar-refractivity contribution in [2.75, 3.05) is 19.7 Å². The average molecular weight is 292 g/mol. The van der Waals surface area contributed by atoms with E-state index in [0.29, 0.717) is 12.1 Å². The van der Waals surface area contributed by atoms with Gasteiger partial charge >= 0.3 is 0 Å². The van der Waals surface area contributed by atoms with E-state index in [9.17, 15) is 14.0 Å². The first kappa shape index (κ1) is 16.7. The van der Waals surface area contributed by atoms with Crippen LogP contribution >= 0.6 is 0 Å². The number of nitrogens with one attached hydrogen (secondary N) is 2. The largest absolute Gasteiger partial charge is 0.384 e. The third kappa shape index (κ3) is 5.63. The molecule has 0 unspecified atom stereocenters. The van der Waals surface area contributed by atoms with Gasteiger partial charge in [0.1, 0.15) is 12.4 Å². The summed E-state index contributed by atoms with van der Waals surface area (Å²) in [5.74, 6) is 3.56. The Kier molecular flexibility index (Phi) is 6.92. The van der Waals surface area contributed by atoms with Crippen LogP contribution in [-0.2, 0) is 4.79 Å². The summed E-state index contributed by atoms with van der Waals surface area (Å²) in [7, 11) is 0. The number of carbonyl (C=O) groups excluding carboxylic acids is 2. The molecule has 0 saturated carbocycles. The molecule has 0 saturated heterocycles. The third-order valence-corrected chi connectivity index (χ3v) is 2.53. The standard InChI is InChI=1S/C15H17FN2O3/c1-2-17-14(20)7-8-18-15(21)12-10-11(4-3-9-19)5-6-13(12)16/h5-6,10,19H,2,7-9H2,1H3,(H,17,20)(H,18,21). The number of aliphatic hydroxyl groups is 1. The monoisotopic (exact) mass is 292 g/mol. The summed E-state index contributed by atoms with van der Waals surface area (Å²) in [5.41, 5.74) is 0.287. The van der Waals surface area contributed by atoms with Crippen molar-refractivity contribution in [3.63, 3.8) is 0 Å². The zero-order valence-electron chi connectivity index (χ0n) is 11.7. The lowest BCUT2D eigenvalue weighted by molar-refractivity contribution is -0.120. The Balaban J connectivity index is 2.67. The Morgan fingerprint density at radius 1 is 1.33 bits per heavy atom. The van der Waals surface area contributed by atoms with Crippen LogP contribution in [0.2, 0.25) is 0 Å². The molecule has 0 atom stereocenters. The number of benzene rings is 1. The van der Waals surface area contributed by atoms with Crippen LogP contribution in [-0.4, -0.2) is 36.6 Å². The molecule has 21 heavy (non-hydrogen) atoms. The molecule has 3 N–H and O–H groups in total. The van der Waals surface area contributed by atoms with Crippen LogP contribution in [0.1, 0.15) is 29.3 Å². The highest BCUT2D eigenvalue weighted by Gasteiger charge is 2.12. The molecule has 0 fully saturated rings. The van der Waals surface area contributed by atoms with Crippen molar-refractivity contribution >= 4 is 11.8 Å².